The normalized spacial score (nSPS) is 10.8. The highest BCUT2D eigenvalue weighted by molar-refractivity contribution is 5.66. The van der Waals surface area contributed by atoms with E-state index in [9.17, 15) is 4.39 Å². The molecule has 3 aromatic rings. The van der Waals surface area contributed by atoms with E-state index >= 15 is 0 Å². The molecule has 0 aliphatic rings. The van der Waals surface area contributed by atoms with E-state index in [0.717, 1.165) is 22.4 Å². The summed E-state index contributed by atoms with van der Waals surface area (Å²) in [5.74, 6) is 0.292. The number of benzene rings is 2. The summed E-state index contributed by atoms with van der Waals surface area (Å²) in [6.45, 7) is 3.78. The van der Waals surface area contributed by atoms with Gasteiger partial charge in [-0.05, 0) is 65.7 Å². The summed E-state index contributed by atoms with van der Waals surface area (Å²) in [6.07, 6.45) is 0. The molecule has 0 aliphatic carbocycles. The van der Waals surface area contributed by atoms with Gasteiger partial charge in [0.1, 0.15) is 5.82 Å². The monoisotopic (exact) mass is 283 g/mol. The van der Waals surface area contributed by atoms with Crippen molar-refractivity contribution in [3.05, 3.63) is 53.3 Å². The second-order valence-corrected chi connectivity index (χ2v) is 4.92. The number of aryl methyl sites for hydroxylation is 2. The summed E-state index contributed by atoms with van der Waals surface area (Å²) < 4.78 is 14.8. The molecule has 2 aromatic carbocycles. The first kappa shape index (κ1) is 13.2. The Morgan fingerprint density at radius 2 is 1.86 bits per heavy atom. The summed E-state index contributed by atoms with van der Waals surface area (Å²) in [7, 11) is 0. The van der Waals surface area contributed by atoms with E-state index in [2.05, 4.69) is 15.5 Å². The molecule has 5 nitrogen and oxygen atoms in total. The highest BCUT2D eigenvalue weighted by atomic mass is 19.1. The van der Waals surface area contributed by atoms with E-state index in [1.807, 2.05) is 32.0 Å². The maximum atomic E-state index is 13.3. The highest BCUT2D eigenvalue weighted by Crippen LogP contribution is 2.26. The molecule has 0 saturated heterocycles. The second-order valence-electron chi connectivity index (χ2n) is 4.92. The van der Waals surface area contributed by atoms with Crippen LogP contribution >= 0.6 is 0 Å². The number of tetrazole rings is 1. The van der Waals surface area contributed by atoms with Gasteiger partial charge in [0, 0.05) is 11.3 Å². The SMILES string of the molecule is Cc1ccc(N)cc1-c1nnnn1-c1ccc(F)cc1C. The van der Waals surface area contributed by atoms with Gasteiger partial charge >= 0.3 is 0 Å². The van der Waals surface area contributed by atoms with Crippen LogP contribution in [0.4, 0.5) is 10.1 Å². The molecule has 1 heterocycles. The first-order chi connectivity index (χ1) is 10.1. The number of hydrogen-bond donors (Lipinski definition) is 1. The number of nitrogens with zero attached hydrogens (tertiary/aromatic N) is 4. The van der Waals surface area contributed by atoms with Crippen LogP contribution in [0.3, 0.4) is 0 Å². The smallest absolute Gasteiger partial charge is 0.187 e. The molecule has 0 fully saturated rings. The summed E-state index contributed by atoms with van der Waals surface area (Å²) >= 11 is 0. The largest absolute Gasteiger partial charge is 0.399 e. The van der Waals surface area contributed by atoms with Gasteiger partial charge in [0.25, 0.3) is 0 Å². The van der Waals surface area contributed by atoms with Crippen LogP contribution in [0.25, 0.3) is 17.1 Å². The maximum Gasteiger partial charge on any atom is 0.187 e. The average molecular weight is 283 g/mol. The van der Waals surface area contributed by atoms with Gasteiger partial charge in [-0.2, -0.15) is 4.68 Å². The Morgan fingerprint density at radius 3 is 2.62 bits per heavy atom. The van der Waals surface area contributed by atoms with Crippen molar-refractivity contribution in [3.63, 3.8) is 0 Å². The summed E-state index contributed by atoms with van der Waals surface area (Å²) in [5.41, 5.74) is 9.84. The maximum absolute atomic E-state index is 13.3. The van der Waals surface area contributed by atoms with Crippen LogP contribution in [0.1, 0.15) is 11.1 Å². The molecule has 1 aromatic heterocycles. The summed E-state index contributed by atoms with van der Waals surface area (Å²) in [6, 6.07) is 10.1. The Balaban J connectivity index is 2.19. The number of nitrogens with two attached hydrogens (primary N) is 1. The Hall–Kier alpha value is -2.76. The third-order valence-corrected chi connectivity index (χ3v) is 3.36. The molecule has 0 amide bonds. The van der Waals surface area contributed by atoms with Crippen molar-refractivity contribution in [2.45, 2.75) is 13.8 Å². The van der Waals surface area contributed by atoms with Gasteiger partial charge in [-0.15, -0.1) is 5.10 Å². The van der Waals surface area contributed by atoms with E-state index in [1.54, 1.807) is 10.7 Å². The number of rotatable bonds is 2. The zero-order valence-electron chi connectivity index (χ0n) is 11.7. The highest BCUT2D eigenvalue weighted by Gasteiger charge is 2.15. The van der Waals surface area contributed by atoms with Gasteiger partial charge < -0.3 is 5.73 Å². The van der Waals surface area contributed by atoms with Crippen LogP contribution in [0.2, 0.25) is 0 Å². The molecule has 0 saturated carbocycles. The minimum absolute atomic E-state index is 0.286. The molecule has 6 heteroatoms. The topological polar surface area (TPSA) is 69.6 Å². The number of hydrogen-bond acceptors (Lipinski definition) is 4. The molecular weight excluding hydrogens is 269 g/mol. The van der Waals surface area contributed by atoms with Crippen molar-refractivity contribution < 1.29 is 4.39 Å². The van der Waals surface area contributed by atoms with E-state index in [4.69, 9.17) is 5.73 Å². The van der Waals surface area contributed by atoms with E-state index < -0.39 is 0 Å². The summed E-state index contributed by atoms with van der Waals surface area (Å²) in [4.78, 5) is 0. The molecule has 0 atom stereocenters. The fraction of sp³-hybridized carbons (Fsp3) is 0.133. The van der Waals surface area contributed by atoms with E-state index in [0.29, 0.717) is 11.5 Å². The summed E-state index contributed by atoms with van der Waals surface area (Å²) in [5, 5.41) is 11.8. The van der Waals surface area contributed by atoms with Gasteiger partial charge in [-0.3, -0.25) is 0 Å². The molecule has 106 valence electrons. The van der Waals surface area contributed by atoms with Crippen LogP contribution in [-0.2, 0) is 0 Å². The van der Waals surface area contributed by atoms with Crippen molar-refractivity contribution in [2.24, 2.45) is 0 Å². The molecule has 2 N–H and O–H groups in total. The van der Waals surface area contributed by atoms with Crippen LogP contribution in [0.15, 0.2) is 36.4 Å². The lowest BCUT2D eigenvalue weighted by Crippen LogP contribution is -2.03. The van der Waals surface area contributed by atoms with Crippen molar-refractivity contribution in [1.29, 1.82) is 0 Å². The quantitative estimate of drug-likeness (QED) is 0.734. The molecule has 0 aliphatic heterocycles. The van der Waals surface area contributed by atoms with Crippen LogP contribution in [0.5, 0.6) is 0 Å². The van der Waals surface area contributed by atoms with E-state index in [1.165, 1.54) is 12.1 Å². The molecule has 21 heavy (non-hydrogen) atoms. The number of aromatic nitrogens is 4. The van der Waals surface area contributed by atoms with Gasteiger partial charge in [0.2, 0.25) is 0 Å². The Bertz CT molecular complexity index is 810. The van der Waals surface area contributed by atoms with Crippen molar-refractivity contribution in [1.82, 2.24) is 20.2 Å². The van der Waals surface area contributed by atoms with Crippen molar-refractivity contribution >= 4 is 5.69 Å². The molecular formula is C15H14FN5. The minimum Gasteiger partial charge on any atom is -0.399 e. The van der Waals surface area contributed by atoms with Gasteiger partial charge in [-0.25, -0.2) is 4.39 Å². The van der Waals surface area contributed by atoms with Gasteiger partial charge in [-0.1, -0.05) is 6.07 Å². The minimum atomic E-state index is -0.286. The van der Waals surface area contributed by atoms with E-state index in [-0.39, 0.29) is 5.82 Å². The molecule has 0 bridgehead atoms. The van der Waals surface area contributed by atoms with Gasteiger partial charge in [0.05, 0.1) is 5.69 Å². The second kappa shape index (κ2) is 4.97. The molecule has 0 unspecified atom stereocenters. The van der Waals surface area contributed by atoms with Gasteiger partial charge in [0.15, 0.2) is 5.82 Å². The predicted molar refractivity (Wildman–Crippen MR) is 78.4 cm³/mol. The molecule has 3 rings (SSSR count). The van der Waals surface area contributed by atoms with Crippen LogP contribution in [-0.4, -0.2) is 20.2 Å². The predicted octanol–water partition coefficient (Wildman–Crippen LogP) is 2.67. The average Bonchev–Trinajstić information content (AvgIpc) is 2.90. The third-order valence-electron chi connectivity index (χ3n) is 3.36. The zero-order chi connectivity index (χ0) is 15.0. The lowest BCUT2D eigenvalue weighted by Gasteiger charge is -2.10. The number of halogens is 1. The third kappa shape index (κ3) is 2.35. The lowest BCUT2D eigenvalue weighted by molar-refractivity contribution is 0.625. The Labute approximate surface area is 121 Å². The number of nitrogen functional groups attached to an aromatic ring is 1. The first-order valence-electron chi connectivity index (χ1n) is 6.47. The first-order valence-corrected chi connectivity index (χ1v) is 6.47. The Morgan fingerprint density at radius 1 is 1.05 bits per heavy atom. The molecule has 0 spiro atoms. The molecule has 0 radical (unpaired) electrons. The fourth-order valence-electron chi connectivity index (χ4n) is 2.25. The lowest BCUT2D eigenvalue weighted by atomic mass is 10.1. The van der Waals surface area contributed by atoms with Crippen molar-refractivity contribution in [2.75, 3.05) is 5.73 Å². The number of anilines is 1. The van der Waals surface area contributed by atoms with Crippen molar-refractivity contribution in [3.8, 4) is 17.1 Å². The fourth-order valence-corrected chi connectivity index (χ4v) is 2.25. The zero-order valence-corrected chi connectivity index (χ0v) is 11.7. The van der Waals surface area contributed by atoms with Crippen LogP contribution in [0, 0.1) is 19.7 Å². The standard InChI is InChI=1S/C15H14FN5/c1-9-3-5-12(17)8-13(9)15-18-19-20-21(15)14-6-4-11(16)7-10(14)2/h3-8H,17H2,1-2H3. The Kier molecular flexibility index (Phi) is 3.13. The van der Waals surface area contributed by atoms with Crippen LogP contribution < -0.4 is 5.73 Å².